The summed E-state index contributed by atoms with van der Waals surface area (Å²) < 4.78 is 7.82. The fourth-order valence-corrected chi connectivity index (χ4v) is 2.56. The van der Waals surface area contributed by atoms with Gasteiger partial charge in [0.25, 0.3) is 0 Å². The Labute approximate surface area is 156 Å². The van der Waals surface area contributed by atoms with E-state index in [2.05, 4.69) is 46.7 Å². The van der Waals surface area contributed by atoms with E-state index < -0.39 is 0 Å². The van der Waals surface area contributed by atoms with Gasteiger partial charge in [-0.15, -0.1) is 0 Å². The molecule has 6 heteroatoms. The molecule has 0 amide bonds. The van der Waals surface area contributed by atoms with Crippen LogP contribution in [0.25, 0.3) is 0 Å². The highest BCUT2D eigenvalue weighted by atomic mass is 16.5. The Morgan fingerprint density at radius 1 is 1.27 bits per heavy atom. The zero-order valence-electron chi connectivity index (χ0n) is 16.1. The van der Waals surface area contributed by atoms with Crippen LogP contribution in [-0.4, -0.2) is 42.0 Å². The minimum Gasteiger partial charge on any atom is -0.374 e. The predicted molar refractivity (Wildman–Crippen MR) is 106 cm³/mol. The molecule has 1 atom stereocenters. The van der Waals surface area contributed by atoms with Crippen LogP contribution in [0.2, 0.25) is 0 Å². The summed E-state index contributed by atoms with van der Waals surface area (Å²) >= 11 is 0. The third-order valence-corrected chi connectivity index (χ3v) is 3.95. The maximum atomic E-state index is 5.89. The molecule has 142 valence electrons. The average Bonchev–Trinajstić information content (AvgIpc) is 3.07. The fraction of sp³-hybridized carbons (Fsp3) is 0.500. The van der Waals surface area contributed by atoms with E-state index in [4.69, 9.17) is 4.74 Å². The van der Waals surface area contributed by atoms with Gasteiger partial charge < -0.3 is 15.4 Å². The van der Waals surface area contributed by atoms with Crippen LogP contribution >= 0.6 is 0 Å². The van der Waals surface area contributed by atoms with Crippen LogP contribution < -0.4 is 10.6 Å². The van der Waals surface area contributed by atoms with E-state index in [0.717, 1.165) is 38.6 Å². The first kappa shape index (κ1) is 20.0. The molecule has 1 unspecified atom stereocenters. The van der Waals surface area contributed by atoms with Gasteiger partial charge in [0.1, 0.15) is 0 Å². The Morgan fingerprint density at radius 3 is 2.77 bits per heavy atom. The summed E-state index contributed by atoms with van der Waals surface area (Å²) in [6.45, 7) is 10.1. The number of hydrogen-bond donors (Lipinski definition) is 2. The molecule has 1 aromatic heterocycles. The second kappa shape index (κ2) is 11.3. The van der Waals surface area contributed by atoms with Crippen LogP contribution in [0.4, 0.5) is 0 Å². The van der Waals surface area contributed by atoms with Gasteiger partial charge in [0.05, 0.1) is 18.8 Å². The summed E-state index contributed by atoms with van der Waals surface area (Å²) in [7, 11) is 0. The summed E-state index contributed by atoms with van der Waals surface area (Å²) in [4.78, 5) is 4.60. The van der Waals surface area contributed by atoms with Crippen molar-refractivity contribution in [3.05, 3.63) is 53.9 Å². The van der Waals surface area contributed by atoms with Crippen molar-refractivity contribution in [1.29, 1.82) is 0 Å². The van der Waals surface area contributed by atoms with E-state index in [1.807, 2.05) is 42.2 Å². The lowest BCUT2D eigenvalue weighted by atomic mass is 10.1. The van der Waals surface area contributed by atoms with E-state index in [1.165, 1.54) is 11.1 Å². The summed E-state index contributed by atoms with van der Waals surface area (Å²) in [6, 6.07) is 10.3. The smallest absolute Gasteiger partial charge is 0.191 e. The molecule has 2 rings (SSSR count). The summed E-state index contributed by atoms with van der Waals surface area (Å²) in [6.07, 6.45) is 4.92. The van der Waals surface area contributed by atoms with Crippen molar-refractivity contribution < 1.29 is 4.74 Å². The Balaban J connectivity index is 1.66. The van der Waals surface area contributed by atoms with Crippen molar-refractivity contribution in [3.63, 3.8) is 0 Å². The number of aromatic nitrogens is 2. The summed E-state index contributed by atoms with van der Waals surface area (Å²) in [5, 5.41) is 10.9. The molecule has 2 N–H and O–H groups in total. The number of aryl methyl sites for hydroxylation is 1. The molecule has 1 aromatic carbocycles. The third-order valence-electron chi connectivity index (χ3n) is 3.95. The molecule has 0 bridgehead atoms. The Morgan fingerprint density at radius 2 is 2.08 bits per heavy atom. The van der Waals surface area contributed by atoms with Gasteiger partial charge >= 0.3 is 0 Å². The molecule has 2 aromatic rings. The van der Waals surface area contributed by atoms with Crippen LogP contribution in [0.5, 0.6) is 0 Å². The zero-order chi connectivity index (χ0) is 18.6. The second-order valence-corrected chi connectivity index (χ2v) is 6.25. The van der Waals surface area contributed by atoms with Crippen LogP contribution in [0, 0.1) is 6.92 Å². The quantitative estimate of drug-likeness (QED) is 0.390. The first-order valence-corrected chi connectivity index (χ1v) is 9.37. The molecule has 6 nitrogen and oxygen atoms in total. The fourth-order valence-electron chi connectivity index (χ4n) is 2.56. The standard InChI is InChI=1S/C20H31N5O/c1-4-21-20(23-12-13-25-16-17(2)15-24-25)22-11-8-14-26-18(3)19-9-6-5-7-10-19/h5-7,9-10,15-16,18H,4,8,11-14H2,1-3H3,(H2,21,22,23). The van der Waals surface area contributed by atoms with Crippen molar-refractivity contribution in [2.24, 2.45) is 4.99 Å². The number of rotatable bonds is 10. The van der Waals surface area contributed by atoms with Crippen LogP contribution in [0.15, 0.2) is 47.7 Å². The normalized spacial score (nSPS) is 12.8. The highest BCUT2D eigenvalue weighted by Crippen LogP contribution is 2.15. The van der Waals surface area contributed by atoms with Gasteiger partial charge in [0.15, 0.2) is 5.96 Å². The molecular formula is C20H31N5O. The zero-order valence-corrected chi connectivity index (χ0v) is 16.1. The van der Waals surface area contributed by atoms with Crippen molar-refractivity contribution in [2.45, 2.75) is 39.8 Å². The lowest BCUT2D eigenvalue weighted by molar-refractivity contribution is 0.0652. The minimum atomic E-state index is 0.115. The van der Waals surface area contributed by atoms with Gasteiger partial charge in [-0.3, -0.25) is 9.67 Å². The molecule has 26 heavy (non-hydrogen) atoms. The Hall–Kier alpha value is -2.34. The maximum absolute atomic E-state index is 5.89. The van der Waals surface area contributed by atoms with Gasteiger partial charge in [-0.25, -0.2) is 0 Å². The van der Waals surface area contributed by atoms with E-state index in [0.29, 0.717) is 6.61 Å². The SMILES string of the molecule is CCNC(=NCCCOC(C)c1ccccc1)NCCn1cc(C)cn1. The first-order chi connectivity index (χ1) is 12.7. The largest absolute Gasteiger partial charge is 0.374 e. The molecule has 0 fully saturated rings. The van der Waals surface area contributed by atoms with Gasteiger partial charge in [-0.05, 0) is 38.3 Å². The van der Waals surface area contributed by atoms with E-state index >= 15 is 0 Å². The maximum Gasteiger partial charge on any atom is 0.191 e. The number of nitrogens with zero attached hydrogens (tertiary/aromatic N) is 3. The first-order valence-electron chi connectivity index (χ1n) is 9.37. The number of hydrogen-bond acceptors (Lipinski definition) is 3. The number of aliphatic imine (C=N–C) groups is 1. The summed E-state index contributed by atoms with van der Waals surface area (Å²) in [5.41, 5.74) is 2.38. The molecule has 0 spiro atoms. The lowest BCUT2D eigenvalue weighted by Crippen LogP contribution is -2.39. The van der Waals surface area contributed by atoms with Crippen molar-refractivity contribution in [1.82, 2.24) is 20.4 Å². The van der Waals surface area contributed by atoms with Gasteiger partial charge in [-0.1, -0.05) is 30.3 Å². The Kier molecular flexibility index (Phi) is 8.69. The summed E-state index contributed by atoms with van der Waals surface area (Å²) in [5.74, 6) is 0.840. The monoisotopic (exact) mass is 357 g/mol. The number of guanidine groups is 1. The molecule has 0 aliphatic rings. The van der Waals surface area contributed by atoms with Gasteiger partial charge in [-0.2, -0.15) is 5.10 Å². The lowest BCUT2D eigenvalue weighted by Gasteiger charge is -2.13. The average molecular weight is 358 g/mol. The molecular weight excluding hydrogens is 326 g/mol. The molecule has 0 aliphatic carbocycles. The second-order valence-electron chi connectivity index (χ2n) is 6.25. The number of benzene rings is 1. The van der Waals surface area contributed by atoms with Gasteiger partial charge in [0.2, 0.25) is 0 Å². The molecule has 0 saturated carbocycles. The van der Waals surface area contributed by atoms with Gasteiger partial charge in [0, 0.05) is 32.4 Å². The highest BCUT2D eigenvalue weighted by Gasteiger charge is 2.04. The van der Waals surface area contributed by atoms with Crippen molar-refractivity contribution >= 4 is 5.96 Å². The van der Waals surface area contributed by atoms with E-state index in [9.17, 15) is 0 Å². The van der Waals surface area contributed by atoms with E-state index in [-0.39, 0.29) is 6.10 Å². The van der Waals surface area contributed by atoms with Crippen molar-refractivity contribution in [3.8, 4) is 0 Å². The highest BCUT2D eigenvalue weighted by molar-refractivity contribution is 5.79. The molecule has 0 aliphatic heterocycles. The van der Waals surface area contributed by atoms with Crippen LogP contribution in [0.1, 0.15) is 37.5 Å². The minimum absolute atomic E-state index is 0.115. The topological polar surface area (TPSA) is 63.5 Å². The number of ether oxygens (including phenoxy) is 1. The molecule has 0 saturated heterocycles. The molecule has 1 heterocycles. The van der Waals surface area contributed by atoms with Crippen LogP contribution in [0.3, 0.4) is 0 Å². The third kappa shape index (κ3) is 7.27. The predicted octanol–water partition coefficient (Wildman–Crippen LogP) is 2.91. The van der Waals surface area contributed by atoms with Crippen molar-refractivity contribution in [2.75, 3.05) is 26.2 Å². The van der Waals surface area contributed by atoms with Crippen LogP contribution in [-0.2, 0) is 11.3 Å². The molecule has 0 radical (unpaired) electrons. The van der Waals surface area contributed by atoms with E-state index in [1.54, 1.807) is 0 Å². The Bertz CT molecular complexity index is 653. The number of nitrogens with one attached hydrogen (secondary N) is 2.